The molecule has 0 saturated carbocycles. The van der Waals surface area contributed by atoms with Crippen LogP contribution in [0.4, 0.5) is 5.82 Å². The van der Waals surface area contributed by atoms with Crippen molar-refractivity contribution in [2.75, 3.05) is 5.32 Å². The monoisotopic (exact) mass is 469 g/mol. The molecule has 34 heavy (non-hydrogen) atoms. The van der Waals surface area contributed by atoms with E-state index >= 15 is 0 Å². The molecular formula is C28H27N3O2S. The van der Waals surface area contributed by atoms with Crippen LogP contribution in [0.5, 0.6) is 0 Å². The van der Waals surface area contributed by atoms with E-state index in [-0.39, 0.29) is 23.5 Å². The van der Waals surface area contributed by atoms with E-state index < -0.39 is 0 Å². The molecule has 1 aromatic carbocycles. The van der Waals surface area contributed by atoms with Gasteiger partial charge in [-0.25, -0.2) is 4.98 Å². The lowest BCUT2D eigenvalue weighted by Gasteiger charge is -2.36. The van der Waals surface area contributed by atoms with Gasteiger partial charge >= 0.3 is 0 Å². The molecule has 1 amide bonds. The fraction of sp³-hybridized carbons (Fsp3) is 0.250. The largest absolute Gasteiger partial charge is 0.362 e. The molecule has 2 N–H and O–H groups in total. The van der Waals surface area contributed by atoms with Gasteiger partial charge in [-0.15, -0.1) is 11.3 Å². The van der Waals surface area contributed by atoms with E-state index in [9.17, 15) is 9.59 Å². The number of Topliss-reactive ketones (excluding diaryl/α,β-unsaturated/α-hetero) is 1. The number of ketones is 1. The molecule has 6 heteroatoms. The van der Waals surface area contributed by atoms with Crippen LogP contribution in [0.2, 0.25) is 0 Å². The van der Waals surface area contributed by atoms with Gasteiger partial charge in [0.1, 0.15) is 5.82 Å². The summed E-state index contributed by atoms with van der Waals surface area (Å²) in [4.78, 5) is 32.6. The fourth-order valence-electron chi connectivity index (χ4n) is 4.97. The Morgan fingerprint density at radius 1 is 1.06 bits per heavy atom. The van der Waals surface area contributed by atoms with Crippen LogP contribution in [0.3, 0.4) is 0 Å². The normalized spacial score (nSPS) is 20.1. The Kier molecular flexibility index (Phi) is 5.92. The molecule has 0 fully saturated rings. The first-order valence-electron chi connectivity index (χ1n) is 11.5. The number of benzene rings is 1. The van der Waals surface area contributed by atoms with E-state index in [1.165, 1.54) is 5.56 Å². The lowest BCUT2D eigenvalue weighted by atomic mass is 9.73. The summed E-state index contributed by atoms with van der Waals surface area (Å²) in [5, 5.41) is 8.42. The van der Waals surface area contributed by atoms with Crippen LogP contribution >= 0.6 is 11.3 Å². The third kappa shape index (κ3) is 4.10. The first-order chi connectivity index (χ1) is 16.4. The summed E-state index contributed by atoms with van der Waals surface area (Å²) in [6, 6.07) is 16.0. The van der Waals surface area contributed by atoms with E-state index in [0.717, 1.165) is 39.4 Å². The molecule has 1 aliphatic carbocycles. The van der Waals surface area contributed by atoms with E-state index in [1.807, 2.05) is 50.4 Å². The molecule has 172 valence electrons. The Morgan fingerprint density at radius 2 is 1.85 bits per heavy atom. The maximum Gasteiger partial charge on any atom is 0.255 e. The smallest absolute Gasteiger partial charge is 0.255 e. The minimum atomic E-state index is -0.383. The summed E-state index contributed by atoms with van der Waals surface area (Å²) in [5.41, 5.74) is 6.31. The van der Waals surface area contributed by atoms with Gasteiger partial charge in [0, 0.05) is 40.0 Å². The zero-order valence-corrected chi connectivity index (χ0v) is 20.3. The van der Waals surface area contributed by atoms with Crippen molar-refractivity contribution in [1.82, 2.24) is 10.3 Å². The maximum atomic E-state index is 13.6. The molecule has 1 aliphatic heterocycles. The molecule has 2 aliphatic rings. The number of hydrogen-bond donors (Lipinski definition) is 2. The zero-order valence-electron chi connectivity index (χ0n) is 19.5. The quantitative estimate of drug-likeness (QED) is 0.510. The number of carbonyl (C=O) groups excluding carboxylic acids is 2. The van der Waals surface area contributed by atoms with Crippen LogP contribution in [0.1, 0.15) is 53.2 Å². The standard InChI is InChI=1S/C28H27N3O2S/c1-16-9-10-23(29-15-16)31-28(33)24-18(3)30-21-13-20(19-7-5-4-6-8-19)14-22(32)25(21)26(24)27-17(2)11-12-34-27/h4-12,15,20,26,30H,13-14H2,1-3H3,(H,29,31,33). The average Bonchev–Trinajstić information content (AvgIpc) is 3.25. The number of nitrogens with one attached hydrogen (secondary N) is 2. The lowest BCUT2D eigenvalue weighted by Crippen LogP contribution is -2.37. The van der Waals surface area contributed by atoms with Gasteiger partial charge in [0.15, 0.2) is 5.78 Å². The van der Waals surface area contributed by atoms with Gasteiger partial charge in [0.25, 0.3) is 5.91 Å². The number of dihydropyridines is 1. The summed E-state index contributed by atoms with van der Waals surface area (Å²) in [6.45, 7) is 5.92. The molecule has 0 saturated heterocycles. The highest BCUT2D eigenvalue weighted by Crippen LogP contribution is 2.47. The highest BCUT2D eigenvalue weighted by atomic mass is 32.1. The van der Waals surface area contributed by atoms with Crippen molar-refractivity contribution in [1.29, 1.82) is 0 Å². The van der Waals surface area contributed by atoms with Gasteiger partial charge in [0.2, 0.25) is 0 Å². The van der Waals surface area contributed by atoms with Gasteiger partial charge in [-0.2, -0.15) is 0 Å². The Hall–Kier alpha value is -3.51. The Morgan fingerprint density at radius 3 is 2.53 bits per heavy atom. The van der Waals surface area contributed by atoms with Crippen molar-refractivity contribution in [2.45, 2.75) is 45.4 Å². The number of allylic oxidation sites excluding steroid dienone is 3. The number of nitrogens with zero attached hydrogens (tertiary/aromatic N) is 1. The van der Waals surface area contributed by atoms with Crippen molar-refractivity contribution in [3.8, 4) is 0 Å². The topological polar surface area (TPSA) is 71.1 Å². The Balaban J connectivity index is 1.55. The minimum Gasteiger partial charge on any atom is -0.362 e. The van der Waals surface area contributed by atoms with E-state index in [2.05, 4.69) is 33.8 Å². The van der Waals surface area contributed by atoms with Crippen LogP contribution < -0.4 is 10.6 Å². The second kappa shape index (κ2) is 9.03. The molecular weight excluding hydrogens is 442 g/mol. The van der Waals surface area contributed by atoms with Crippen LogP contribution in [0.25, 0.3) is 0 Å². The first-order valence-corrected chi connectivity index (χ1v) is 12.4. The molecule has 2 atom stereocenters. The molecule has 5 rings (SSSR count). The SMILES string of the molecule is CC1=C(C(=O)Nc2ccc(C)cn2)C(c2sccc2C)C2=C(CC(c3ccccc3)CC2=O)N1. The predicted octanol–water partition coefficient (Wildman–Crippen LogP) is 5.76. The number of carbonyl (C=O) groups is 2. The number of aromatic nitrogens is 1. The maximum absolute atomic E-state index is 13.6. The third-order valence-electron chi connectivity index (χ3n) is 6.66. The average molecular weight is 470 g/mol. The second-order valence-electron chi connectivity index (χ2n) is 9.07. The predicted molar refractivity (Wildman–Crippen MR) is 136 cm³/mol. The molecule has 0 bridgehead atoms. The zero-order chi connectivity index (χ0) is 23.8. The molecule has 0 spiro atoms. The van der Waals surface area contributed by atoms with E-state index in [1.54, 1.807) is 23.6 Å². The number of amides is 1. The van der Waals surface area contributed by atoms with Gasteiger partial charge in [-0.1, -0.05) is 36.4 Å². The Labute approximate surface area is 203 Å². The van der Waals surface area contributed by atoms with E-state index in [0.29, 0.717) is 17.8 Å². The minimum absolute atomic E-state index is 0.103. The van der Waals surface area contributed by atoms with E-state index in [4.69, 9.17) is 0 Å². The van der Waals surface area contributed by atoms with Gasteiger partial charge < -0.3 is 10.6 Å². The number of pyridine rings is 1. The van der Waals surface area contributed by atoms with Gasteiger partial charge in [-0.05, 0) is 67.3 Å². The van der Waals surface area contributed by atoms with Crippen molar-refractivity contribution < 1.29 is 9.59 Å². The molecule has 0 radical (unpaired) electrons. The highest BCUT2D eigenvalue weighted by Gasteiger charge is 2.41. The van der Waals surface area contributed by atoms with Gasteiger partial charge in [0.05, 0.1) is 5.92 Å². The van der Waals surface area contributed by atoms with Crippen molar-refractivity contribution >= 4 is 28.8 Å². The van der Waals surface area contributed by atoms with Crippen molar-refractivity contribution in [3.05, 3.63) is 104 Å². The highest BCUT2D eigenvalue weighted by molar-refractivity contribution is 7.10. The summed E-state index contributed by atoms with van der Waals surface area (Å²) in [7, 11) is 0. The second-order valence-corrected chi connectivity index (χ2v) is 10.0. The van der Waals surface area contributed by atoms with Crippen LogP contribution in [0.15, 0.2) is 82.6 Å². The van der Waals surface area contributed by atoms with Crippen LogP contribution in [0, 0.1) is 13.8 Å². The molecule has 3 heterocycles. The summed E-state index contributed by atoms with van der Waals surface area (Å²) >= 11 is 1.60. The lowest BCUT2D eigenvalue weighted by molar-refractivity contribution is -0.116. The van der Waals surface area contributed by atoms with Crippen molar-refractivity contribution in [2.24, 2.45) is 0 Å². The number of aryl methyl sites for hydroxylation is 2. The van der Waals surface area contributed by atoms with Crippen LogP contribution in [-0.2, 0) is 9.59 Å². The summed E-state index contributed by atoms with van der Waals surface area (Å²) in [6.07, 6.45) is 2.92. The molecule has 5 nitrogen and oxygen atoms in total. The van der Waals surface area contributed by atoms with Crippen molar-refractivity contribution in [3.63, 3.8) is 0 Å². The number of anilines is 1. The first kappa shape index (κ1) is 22.3. The number of hydrogen-bond acceptors (Lipinski definition) is 5. The fourth-order valence-corrected chi connectivity index (χ4v) is 6.01. The number of thiophene rings is 1. The summed E-state index contributed by atoms with van der Waals surface area (Å²) in [5.74, 6) is 0.114. The molecule has 2 unspecified atom stereocenters. The molecule has 3 aromatic rings. The van der Waals surface area contributed by atoms with Gasteiger partial charge in [-0.3, -0.25) is 9.59 Å². The Bertz CT molecular complexity index is 1320. The molecule has 2 aromatic heterocycles. The number of rotatable bonds is 4. The van der Waals surface area contributed by atoms with Crippen LogP contribution in [-0.4, -0.2) is 16.7 Å². The third-order valence-corrected chi connectivity index (χ3v) is 7.74. The summed E-state index contributed by atoms with van der Waals surface area (Å²) < 4.78 is 0.